The fourth-order valence-corrected chi connectivity index (χ4v) is 3.09. The van der Waals surface area contributed by atoms with E-state index < -0.39 is 0 Å². The highest BCUT2D eigenvalue weighted by Gasteiger charge is 2.16. The second-order valence-corrected chi connectivity index (χ2v) is 6.51. The highest BCUT2D eigenvalue weighted by atomic mass is 35.5. The van der Waals surface area contributed by atoms with E-state index in [4.69, 9.17) is 25.3 Å². The minimum absolute atomic E-state index is 0.0509. The zero-order chi connectivity index (χ0) is 17.2. The molecule has 6 nitrogen and oxygen atoms in total. The third-order valence-electron chi connectivity index (χ3n) is 3.48. The maximum absolute atomic E-state index is 6.13. The second kappa shape index (κ2) is 6.70. The molecular weight excluding hydrogens is 362 g/mol. The lowest BCUT2D eigenvalue weighted by Gasteiger charge is -1.97. The van der Waals surface area contributed by atoms with Gasteiger partial charge in [0.2, 0.25) is 11.7 Å². The molecule has 126 valence electrons. The molecule has 0 fully saturated rings. The van der Waals surface area contributed by atoms with Crippen molar-refractivity contribution in [2.24, 2.45) is 0 Å². The fourth-order valence-electron chi connectivity index (χ4n) is 2.22. The Kier molecular flexibility index (Phi) is 4.25. The van der Waals surface area contributed by atoms with E-state index in [2.05, 4.69) is 15.1 Å². The average molecular weight is 374 g/mol. The summed E-state index contributed by atoms with van der Waals surface area (Å²) < 4.78 is 16.3. The largest absolute Gasteiger partial charge is 0.442 e. The number of halogens is 1. The van der Waals surface area contributed by atoms with Gasteiger partial charge >= 0.3 is 6.08 Å². The molecule has 0 aliphatic rings. The summed E-state index contributed by atoms with van der Waals surface area (Å²) in [4.78, 5) is 9.62. The summed E-state index contributed by atoms with van der Waals surface area (Å²) >= 11 is 7.69. The summed E-state index contributed by atoms with van der Waals surface area (Å²) in [5.41, 5.74) is 1.36. The molecule has 3 heterocycles. The molecular formula is C17H12ClN3O3S. The van der Waals surface area contributed by atoms with Crippen molar-refractivity contribution in [2.75, 3.05) is 0 Å². The number of rotatable bonds is 5. The molecule has 25 heavy (non-hydrogen) atoms. The molecule has 0 spiro atoms. The summed E-state index contributed by atoms with van der Waals surface area (Å²) in [5, 5.41) is 6.41. The van der Waals surface area contributed by atoms with Crippen molar-refractivity contribution in [1.29, 1.82) is 0 Å². The van der Waals surface area contributed by atoms with Gasteiger partial charge < -0.3 is 9.15 Å². The van der Waals surface area contributed by atoms with Gasteiger partial charge in [0.05, 0.1) is 9.90 Å². The van der Waals surface area contributed by atoms with Crippen molar-refractivity contribution in [3.8, 4) is 28.2 Å². The molecule has 0 saturated carbocycles. The molecule has 0 aliphatic heterocycles. The normalized spacial score (nSPS) is 11.0. The minimum atomic E-state index is 0.0509. The molecule has 0 atom stereocenters. The molecule has 4 rings (SSSR count). The topological polar surface area (TPSA) is 74.2 Å². The van der Waals surface area contributed by atoms with Crippen LogP contribution in [-0.2, 0) is 6.61 Å². The van der Waals surface area contributed by atoms with Gasteiger partial charge in [-0.2, -0.15) is 4.98 Å². The first-order valence-electron chi connectivity index (χ1n) is 7.42. The van der Waals surface area contributed by atoms with E-state index in [9.17, 15) is 0 Å². The average Bonchev–Trinajstić information content (AvgIpc) is 3.34. The molecule has 3 aromatic heterocycles. The van der Waals surface area contributed by atoms with E-state index in [1.165, 1.54) is 0 Å². The monoisotopic (exact) mass is 373 g/mol. The van der Waals surface area contributed by atoms with Gasteiger partial charge in [-0.1, -0.05) is 35.0 Å². The van der Waals surface area contributed by atoms with E-state index in [1.54, 1.807) is 17.4 Å². The summed E-state index contributed by atoms with van der Waals surface area (Å²) in [5.74, 6) is 1.64. The highest BCUT2D eigenvalue weighted by Crippen LogP contribution is 2.28. The van der Waals surface area contributed by atoms with Crippen LogP contribution >= 0.6 is 22.9 Å². The quantitative estimate of drug-likeness (QED) is 0.490. The lowest BCUT2D eigenvalue weighted by Crippen LogP contribution is -1.97. The van der Waals surface area contributed by atoms with Crippen LogP contribution in [-0.4, -0.2) is 15.1 Å². The van der Waals surface area contributed by atoms with E-state index >= 15 is 0 Å². The number of thiophene rings is 1. The van der Waals surface area contributed by atoms with Crippen LogP contribution in [0.2, 0.25) is 5.02 Å². The van der Waals surface area contributed by atoms with Crippen molar-refractivity contribution in [1.82, 2.24) is 15.1 Å². The first-order chi connectivity index (χ1) is 12.2. The predicted molar refractivity (Wildman–Crippen MR) is 93.6 cm³/mol. The third kappa shape index (κ3) is 3.29. The Morgan fingerprint density at radius 3 is 2.84 bits per heavy atom. The van der Waals surface area contributed by atoms with Crippen molar-refractivity contribution < 1.29 is 13.7 Å². The lowest BCUT2D eigenvalue weighted by atomic mass is 10.2. The SMILES string of the molecule is Cc1oc(-c2cccs2)nc1COc1nc(-c2ccccc2Cl)no1. The number of aromatic nitrogens is 3. The molecule has 0 saturated heterocycles. The van der Waals surface area contributed by atoms with E-state index in [0.717, 1.165) is 4.88 Å². The van der Waals surface area contributed by atoms with Gasteiger partial charge in [0, 0.05) is 5.56 Å². The van der Waals surface area contributed by atoms with Gasteiger partial charge in [-0.05, 0) is 30.5 Å². The summed E-state index contributed by atoms with van der Waals surface area (Å²) in [6.45, 7) is 2.01. The van der Waals surface area contributed by atoms with E-state index in [-0.39, 0.29) is 12.7 Å². The van der Waals surface area contributed by atoms with Crippen LogP contribution in [0.3, 0.4) is 0 Å². The van der Waals surface area contributed by atoms with Gasteiger partial charge in [-0.3, -0.25) is 4.52 Å². The smallest absolute Gasteiger partial charge is 0.418 e. The zero-order valence-corrected chi connectivity index (χ0v) is 14.7. The van der Waals surface area contributed by atoms with Gasteiger partial charge in [0.1, 0.15) is 18.1 Å². The number of hydrogen-bond acceptors (Lipinski definition) is 7. The molecule has 0 radical (unpaired) electrons. The van der Waals surface area contributed by atoms with Crippen LogP contribution < -0.4 is 4.74 Å². The fraction of sp³-hybridized carbons (Fsp3) is 0.118. The Labute approximate surface area is 152 Å². The van der Waals surface area contributed by atoms with Crippen molar-refractivity contribution in [3.63, 3.8) is 0 Å². The first kappa shape index (κ1) is 15.9. The molecule has 0 N–H and O–H groups in total. The molecule has 8 heteroatoms. The van der Waals surface area contributed by atoms with Gasteiger partial charge in [-0.15, -0.1) is 11.3 Å². The number of hydrogen-bond donors (Lipinski definition) is 0. The summed E-state index contributed by atoms with van der Waals surface area (Å²) in [6.07, 6.45) is 0.0509. The molecule has 4 aromatic rings. The minimum Gasteiger partial charge on any atom is -0.442 e. The molecule has 0 bridgehead atoms. The maximum Gasteiger partial charge on any atom is 0.418 e. The van der Waals surface area contributed by atoms with Gasteiger partial charge in [0.25, 0.3) is 0 Å². The molecule has 1 aromatic carbocycles. The first-order valence-corrected chi connectivity index (χ1v) is 8.68. The van der Waals surface area contributed by atoms with E-state index in [0.29, 0.717) is 33.8 Å². The van der Waals surface area contributed by atoms with E-state index in [1.807, 2.05) is 42.6 Å². The van der Waals surface area contributed by atoms with Crippen LogP contribution in [0.15, 0.2) is 50.7 Å². The Bertz CT molecular complexity index is 994. The second-order valence-electron chi connectivity index (χ2n) is 5.15. The van der Waals surface area contributed by atoms with Crippen molar-refractivity contribution in [3.05, 3.63) is 58.3 Å². The van der Waals surface area contributed by atoms with Gasteiger partial charge in [0.15, 0.2) is 0 Å². The molecule has 0 unspecified atom stereocenters. The van der Waals surface area contributed by atoms with Crippen LogP contribution in [0.5, 0.6) is 6.08 Å². The number of aryl methyl sites for hydroxylation is 1. The predicted octanol–water partition coefficient (Wildman–Crippen LogP) is 4.99. The summed E-state index contributed by atoms with van der Waals surface area (Å²) in [7, 11) is 0. The maximum atomic E-state index is 6.13. The van der Waals surface area contributed by atoms with Crippen LogP contribution in [0.4, 0.5) is 0 Å². The number of nitrogens with zero attached hydrogens (tertiary/aromatic N) is 3. The third-order valence-corrected chi connectivity index (χ3v) is 4.67. The lowest BCUT2D eigenvalue weighted by molar-refractivity contribution is 0.192. The Hall–Kier alpha value is -2.64. The van der Waals surface area contributed by atoms with Crippen LogP contribution in [0.1, 0.15) is 11.5 Å². The number of oxazole rings is 1. The Morgan fingerprint density at radius 1 is 1.16 bits per heavy atom. The van der Waals surface area contributed by atoms with Crippen molar-refractivity contribution in [2.45, 2.75) is 13.5 Å². The van der Waals surface area contributed by atoms with Crippen molar-refractivity contribution >= 4 is 22.9 Å². The summed E-state index contributed by atoms with van der Waals surface area (Å²) in [6, 6.07) is 11.2. The van der Waals surface area contributed by atoms with Crippen LogP contribution in [0.25, 0.3) is 22.2 Å². The number of ether oxygens (including phenoxy) is 1. The van der Waals surface area contributed by atoms with Gasteiger partial charge in [-0.25, -0.2) is 4.98 Å². The molecule has 0 aliphatic carbocycles. The Balaban J connectivity index is 1.48. The highest BCUT2D eigenvalue weighted by molar-refractivity contribution is 7.13. The van der Waals surface area contributed by atoms with Crippen LogP contribution in [0, 0.1) is 6.92 Å². The Morgan fingerprint density at radius 2 is 2.04 bits per heavy atom. The standard InChI is InChI=1S/C17H12ClN3O3S/c1-10-13(19-16(23-10)14-7-4-8-25-14)9-22-17-20-15(21-24-17)11-5-2-3-6-12(11)18/h2-8H,9H2,1H3. The number of benzene rings is 1. The zero-order valence-electron chi connectivity index (χ0n) is 13.1. The molecule has 0 amide bonds.